The quantitative estimate of drug-likeness (QED) is 0.823. The lowest BCUT2D eigenvalue weighted by Gasteiger charge is -2.24. The first-order valence-electron chi connectivity index (χ1n) is 7.09. The second kappa shape index (κ2) is 7.70. The molecule has 112 valence electrons. The summed E-state index contributed by atoms with van der Waals surface area (Å²) < 4.78 is 10.7. The first kappa shape index (κ1) is 16.2. The monoisotopic (exact) mass is 273 g/mol. The number of alkyl carbamates (subject to hydrolysis) is 1. The maximum Gasteiger partial charge on any atom is 0.407 e. The summed E-state index contributed by atoms with van der Waals surface area (Å²) in [6.07, 6.45) is 3.60. The summed E-state index contributed by atoms with van der Waals surface area (Å²) in [5.74, 6) is 0.398. The lowest BCUT2D eigenvalue weighted by atomic mass is 9.96. The largest absolute Gasteiger partial charge is 0.444 e. The van der Waals surface area contributed by atoms with Crippen LogP contribution in [0, 0.1) is 5.92 Å². The molecule has 2 N–H and O–H groups in total. The standard InChI is InChI=1S/C14H27NO4/c1-14(2,3)19-13(17)15-12(9-16)8-11-6-4-5-7-18-10-11/h11-12,16H,4-10H2,1-3H3,(H,15,17). The molecule has 2 unspecified atom stereocenters. The molecule has 1 amide bonds. The van der Waals surface area contributed by atoms with Crippen LogP contribution in [0.3, 0.4) is 0 Å². The number of carbonyl (C=O) groups is 1. The molecule has 0 aromatic heterocycles. The van der Waals surface area contributed by atoms with Gasteiger partial charge in [-0.05, 0) is 46.0 Å². The lowest BCUT2D eigenvalue weighted by Crippen LogP contribution is -2.42. The van der Waals surface area contributed by atoms with Crippen LogP contribution < -0.4 is 5.32 Å². The molecule has 1 aliphatic heterocycles. The van der Waals surface area contributed by atoms with Gasteiger partial charge in [0.2, 0.25) is 0 Å². The van der Waals surface area contributed by atoms with Crippen molar-refractivity contribution in [2.24, 2.45) is 5.92 Å². The van der Waals surface area contributed by atoms with E-state index in [1.54, 1.807) is 0 Å². The Morgan fingerprint density at radius 1 is 1.47 bits per heavy atom. The normalized spacial score (nSPS) is 22.4. The Kier molecular flexibility index (Phi) is 6.58. The molecule has 0 bridgehead atoms. The van der Waals surface area contributed by atoms with Crippen molar-refractivity contribution in [1.82, 2.24) is 5.32 Å². The number of aliphatic hydroxyl groups is 1. The highest BCUT2D eigenvalue weighted by molar-refractivity contribution is 5.68. The van der Waals surface area contributed by atoms with E-state index in [0.717, 1.165) is 32.3 Å². The zero-order valence-corrected chi connectivity index (χ0v) is 12.3. The molecule has 5 nitrogen and oxygen atoms in total. The highest BCUT2D eigenvalue weighted by atomic mass is 16.6. The van der Waals surface area contributed by atoms with E-state index in [9.17, 15) is 9.90 Å². The summed E-state index contributed by atoms with van der Waals surface area (Å²) in [6, 6.07) is -0.262. The van der Waals surface area contributed by atoms with E-state index >= 15 is 0 Å². The lowest BCUT2D eigenvalue weighted by molar-refractivity contribution is 0.0456. The third-order valence-electron chi connectivity index (χ3n) is 3.06. The van der Waals surface area contributed by atoms with E-state index in [2.05, 4.69) is 5.32 Å². The molecule has 0 aromatic carbocycles. The molecule has 2 atom stereocenters. The molecule has 5 heteroatoms. The van der Waals surface area contributed by atoms with E-state index in [0.29, 0.717) is 12.5 Å². The maximum absolute atomic E-state index is 11.7. The van der Waals surface area contributed by atoms with E-state index in [-0.39, 0.29) is 12.6 Å². The molecular weight excluding hydrogens is 246 g/mol. The number of aliphatic hydroxyl groups excluding tert-OH is 1. The van der Waals surface area contributed by atoms with Crippen LogP contribution in [0.2, 0.25) is 0 Å². The van der Waals surface area contributed by atoms with Gasteiger partial charge in [0, 0.05) is 13.2 Å². The third kappa shape index (κ3) is 7.38. The Labute approximate surface area is 115 Å². The summed E-state index contributed by atoms with van der Waals surface area (Å²) in [5, 5.41) is 12.1. The second-order valence-electron chi connectivity index (χ2n) is 6.20. The Morgan fingerprint density at radius 2 is 2.21 bits per heavy atom. The van der Waals surface area contributed by atoms with Crippen molar-refractivity contribution in [2.45, 2.75) is 58.1 Å². The van der Waals surface area contributed by atoms with Crippen molar-refractivity contribution in [2.75, 3.05) is 19.8 Å². The van der Waals surface area contributed by atoms with Gasteiger partial charge >= 0.3 is 6.09 Å². The minimum absolute atomic E-state index is 0.0737. The first-order valence-corrected chi connectivity index (χ1v) is 7.09. The number of carbonyl (C=O) groups excluding carboxylic acids is 1. The molecule has 1 rings (SSSR count). The van der Waals surface area contributed by atoms with Gasteiger partial charge in [0.15, 0.2) is 0 Å². The predicted octanol–water partition coefficient (Wildman–Crippen LogP) is 2.08. The van der Waals surface area contributed by atoms with Gasteiger partial charge < -0.3 is 19.9 Å². The highest BCUT2D eigenvalue weighted by Crippen LogP contribution is 2.19. The fourth-order valence-corrected chi connectivity index (χ4v) is 2.21. The van der Waals surface area contributed by atoms with Gasteiger partial charge in [-0.1, -0.05) is 6.42 Å². The van der Waals surface area contributed by atoms with E-state index in [4.69, 9.17) is 9.47 Å². The van der Waals surface area contributed by atoms with Crippen LogP contribution in [0.1, 0.15) is 46.5 Å². The molecule has 0 spiro atoms. The molecule has 0 aliphatic carbocycles. The smallest absolute Gasteiger partial charge is 0.407 e. The average Bonchev–Trinajstić information content (AvgIpc) is 2.54. The number of hydrogen-bond donors (Lipinski definition) is 2. The predicted molar refractivity (Wildman–Crippen MR) is 73.0 cm³/mol. The summed E-state index contributed by atoms with van der Waals surface area (Å²) >= 11 is 0. The summed E-state index contributed by atoms with van der Waals surface area (Å²) in [4.78, 5) is 11.7. The van der Waals surface area contributed by atoms with Gasteiger partial charge in [-0.2, -0.15) is 0 Å². The Bertz CT molecular complexity index is 267. The van der Waals surface area contributed by atoms with E-state index < -0.39 is 11.7 Å². The molecule has 1 saturated heterocycles. The Balaban J connectivity index is 2.37. The number of rotatable bonds is 4. The molecule has 0 saturated carbocycles. The van der Waals surface area contributed by atoms with Gasteiger partial charge in [-0.25, -0.2) is 4.79 Å². The molecule has 1 heterocycles. The van der Waals surface area contributed by atoms with Crippen LogP contribution in [0.15, 0.2) is 0 Å². The second-order valence-corrected chi connectivity index (χ2v) is 6.20. The summed E-state index contributed by atoms with van der Waals surface area (Å²) in [6.45, 7) is 6.92. The molecular formula is C14H27NO4. The Hall–Kier alpha value is -0.810. The number of nitrogens with one attached hydrogen (secondary N) is 1. The van der Waals surface area contributed by atoms with Crippen LogP contribution in [-0.4, -0.2) is 42.7 Å². The van der Waals surface area contributed by atoms with Crippen molar-refractivity contribution >= 4 is 6.09 Å². The van der Waals surface area contributed by atoms with Gasteiger partial charge in [0.05, 0.1) is 12.6 Å². The number of hydrogen-bond acceptors (Lipinski definition) is 4. The van der Waals surface area contributed by atoms with Gasteiger partial charge in [0.25, 0.3) is 0 Å². The summed E-state index contributed by atoms with van der Waals surface area (Å²) in [7, 11) is 0. The zero-order valence-electron chi connectivity index (χ0n) is 12.3. The van der Waals surface area contributed by atoms with E-state index in [1.807, 2.05) is 20.8 Å². The fourth-order valence-electron chi connectivity index (χ4n) is 2.21. The minimum atomic E-state index is -0.518. The van der Waals surface area contributed by atoms with Gasteiger partial charge in [0.1, 0.15) is 5.60 Å². The topological polar surface area (TPSA) is 67.8 Å². The van der Waals surface area contributed by atoms with Gasteiger partial charge in [-0.15, -0.1) is 0 Å². The van der Waals surface area contributed by atoms with Crippen LogP contribution >= 0.6 is 0 Å². The number of amides is 1. The van der Waals surface area contributed by atoms with E-state index in [1.165, 1.54) is 0 Å². The average molecular weight is 273 g/mol. The Morgan fingerprint density at radius 3 is 2.84 bits per heavy atom. The SMILES string of the molecule is CC(C)(C)OC(=O)NC(CO)CC1CCCCOC1. The van der Waals surface area contributed by atoms with Crippen molar-refractivity contribution in [3.05, 3.63) is 0 Å². The number of ether oxygens (including phenoxy) is 2. The van der Waals surface area contributed by atoms with Crippen molar-refractivity contribution in [3.8, 4) is 0 Å². The third-order valence-corrected chi connectivity index (χ3v) is 3.06. The van der Waals surface area contributed by atoms with Crippen molar-refractivity contribution in [1.29, 1.82) is 0 Å². The molecule has 1 aliphatic rings. The maximum atomic E-state index is 11.7. The minimum Gasteiger partial charge on any atom is -0.444 e. The molecule has 19 heavy (non-hydrogen) atoms. The molecule has 0 radical (unpaired) electrons. The van der Waals surface area contributed by atoms with Crippen LogP contribution in [-0.2, 0) is 9.47 Å². The fraction of sp³-hybridized carbons (Fsp3) is 0.929. The molecule has 0 aromatic rings. The van der Waals surface area contributed by atoms with Gasteiger partial charge in [-0.3, -0.25) is 0 Å². The van der Waals surface area contributed by atoms with Crippen LogP contribution in [0.4, 0.5) is 4.79 Å². The molecule has 1 fully saturated rings. The van der Waals surface area contributed by atoms with Crippen LogP contribution in [0.25, 0.3) is 0 Å². The van der Waals surface area contributed by atoms with Crippen molar-refractivity contribution < 1.29 is 19.4 Å². The van der Waals surface area contributed by atoms with Crippen molar-refractivity contribution in [3.63, 3.8) is 0 Å². The first-order chi connectivity index (χ1) is 8.90. The zero-order chi connectivity index (χ0) is 14.3. The highest BCUT2D eigenvalue weighted by Gasteiger charge is 2.22. The van der Waals surface area contributed by atoms with Crippen LogP contribution in [0.5, 0.6) is 0 Å². The summed E-state index contributed by atoms with van der Waals surface area (Å²) in [5.41, 5.74) is -0.518.